The fraction of sp³-hybridized carbons (Fsp3) is 0.381. The standard InChI is InChI=1S/C21H26N2O4/c1-14(2)22-19(24)8-5-9-20(25)23-18(13-21(26)27)17-11-10-15-6-3-4-7-16(15)12-17/h3-4,6-7,10-12,14,18H,5,8-9,13H2,1-2H3,(H,22,24)(H,23,25)(H,26,27)/t18-/m0/s1. The van der Waals surface area contributed by atoms with Gasteiger partial charge in [-0.25, -0.2) is 0 Å². The van der Waals surface area contributed by atoms with Crippen molar-refractivity contribution in [2.75, 3.05) is 0 Å². The smallest absolute Gasteiger partial charge is 0.305 e. The molecular weight excluding hydrogens is 344 g/mol. The first kappa shape index (κ1) is 20.4. The Labute approximate surface area is 159 Å². The summed E-state index contributed by atoms with van der Waals surface area (Å²) in [6.45, 7) is 3.76. The maximum Gasteiger partial charge on any atom is 0.305 e. The molecule has 2 rings (SSSR count). The minimum Gasteiger partial charge on any atom is -0.481 e. The van der Waals surface area contributed by atoms with Crippen molar-refractivity contribution in [2.45, 2.75) is 51.6 Å². The zero-order valence-electron chi connectivity index (χ0n) is 15.7. The van der Waals surface area contributed by atoms with Crippen molar-refractivity contribution in [3.05, 3.63) is 48.0 Å². The number of amides is 2. The van der Waals surface area contributed by atoms with E-state index in [-0.39, 0.29) is 37.1 Å². The number of carbonyl (C=O) groups excluding carboxylic acids is 2. The summed E-state index contributed by atoms with van der Waals surface area (Å²) < 4.78 is 0. The van der Waals surface area contributed by atoms with E-state index in [1.54, 1.807) is 0 Å². The normalized spacial score (nSPS) is 12.0. The van der Waals surface area contributed by atoms with Crippen LogP contribution in [0.5, 0.6) is 0 Å². The number of nitrogens with one attached hydrogen (secondary N) is 2. The first-order valence-corrected chi connectivity index (χ1v) is 9.14. The molecule has 0 aliphatic heterocycles. The quantitative estimate of drug-likeness (QED) is 0.632. The van der Waals surface area contributed by atoms with Crippen LogP contribution in [-0.4, -0.2) is 28.9 Å². The van der Waals surface area contributed by atoms with Gasteiger partial charge in [0.2, 0.25) is 11.8 Å². The Kier molecular flexibility index (Phi) is 7.34. The van der Waals surface area contributed by atoms with Crippen LogP contribution in [0.15, 0.2) is 42.5 Å². The number of carbonyl (C=O) groups is 3. The molecule has 2 aromatic carbocycles. The van der Waals surface area contributed by atoms with Crippen LogP contribution in [0.4, 0.5) is 0 Å². The van der Waals surface area contributed by atoms with E-state index in [9.17, 15) is 19.5 Å². The molecule has 0 bridgehead atoms. The van der Waals surface area contributed by atoms with Crippen LogP contribution < -0.4 is 10.6 Å². The van der Waals surface area contributed by atoms with E-state index in [0.29, 0.717) is 6.42 Å². The van der Waals surface area contributed by atoms with Crippen LogP contribution in [0.25, 0.3) is 10.8 Å². The van der Waals surface area contributed by atoms with Crippen molar-refractivity contribution in [3.63, 3.8) is 0 Å². The molecule has 0 heterocycles. The van der Waals surface area contributed by atoms with Crippen LogP contribution >= 0.6 is 0 Å². The highest BCUT2D eigenvalue weighted by Gasteiger charge is 2.18. The second kappa shape index (κ2) is 9.71. The van der Waals surface area contributed by atoms with Gasteiger partial charge in [0.1, 0.15) is 0 Å². The lowest BCUT2D eigenvalue weighted by molar-refractivity contribution is -0.137. The molecule has 2 aromatic rings. The van der Waals surface area contributed by atoms with Gasteiger partial charge in [-0.3, -0.25) is 14.4 Å². The van der Waals surface area contributed by atoms with E-state index in [2.05, 4.69) is 10.6 Å². The fourth-order valence-electron chi connectivity index (χ4n) is 2.92. The summed E-state index contributed by atoms with van der Waals surface area (Å²) in [5, 5.41) is 16.8. The van der Waals surface area contributed by atoms with E-state index in [4.69, 9.17) is 0 Å². The Morgan fingerprint density at radius 3 is 2.19 bits per heavy atom. The van der Waals surface area contributed by atoms with Gasteiger partial charge >= 0.3 is 5.97 Å². The Bertz CT molecular complexity index is 817. The molecule has 0 unspecified atom stereocenters. The third kappa shape index (κ3) is 6.73. The first-order chi connectivity index (χ1) is 12.8. The van der Waals surface area contributed by atoms with Crippen molar-refractivity contribution in [1.29, 1.82) is 0 Å². The summed E-state index contributed by atoms with van der Waals surface area (Å²) in [5.74, 6) is -1.33. The summed E-state index contributed by atoms with van der Waals surface area (Å²) >= 11 is 0. The summed E-state index contributed by atoms with van der Waals surface area (Å²) in [7, 11) is 0. The van der Waals surface area contributed by atoms with Crippen molar-refractivity contribution >= 4 is 28.6 Å². The predicted molar refractivity (Wildman–Crippen MR) is 104 cm³/mol. The summed E-state index contributed by atoms with van der Waals surface area (Å²) in [6, 6.07) is 12.9. The average Bonchev–Trinajstić information content (AvgIpc) is 2.59. The third-order valence-electron chi connectivity index (χ3n) is 4.15. The lowest BCUT2D eigenvalue weighted by Gasteiger charge is -2.18. The molecule has 1 atom stereocenters. The summed E-state index contributed by atoms with van der Waals surface area (Å²) in [6.07, 6.45) is 0.667. The number of carboxylic acid groups (broad SMARTS) is 1. The fourth-order valence-corrected chi connectivity index (χ4v) is 2.92. The van der Waals surface area contributed by atoms with Gasteiger partial charge < -0.3 is 15.7 Å². The molecule has 0 aliphatic rings. The van der Waals surface area contributed by atoms with Gasteiger partial charge in [0.15, 0.2) is 0 Å². The number of rotatable bonds is 9. The molecule has 6 heteroatoms. The first-order valence-electron chi connectivity index (χ1n) is 9.14. The molecule has 27 heavy (non-hydrogen) atoms. The number of benzene rings is 2. The molecule has 6 nitrogen and oxygen atoms in total. The molecule has 0 aliphatic carbocycles. The van der Waals surface area contributed by atoms with Crippen LogP contribution in [0, 0.1) is 0 Å². The molecule has 0 spiro atoms. The highest BCUT2D eigenvalue weighted by Crippen LogP contribution is 2.23. The van der Waals surface area contributed by atoms with Gasteiger partial charge in [0.05, 0.1) is 12.5 Å². The van der Waals surface area contributed by atoms with Gasteiger partial charge in [-0.2, -0.15) is 0 Å². The number of aliphatic carboxylic acids is 1. The molecule has 0 aromatic heterocycles. The SMILES string of the molecule is CC(C)NC(=O)CCCC(=O)N[C@@H](CC(=O)O)c1ccc2ccccc2c1. The molecule has 0 fully saturated rings. The Balaban J connectivity index is 1.99. The van der Waals surface area contributed by atoms with Crippen molar-refractivity contribution in [3.8, 4) is 0 Å². The summed E-state index contributed by atoms with van der Waals surface area (Å²) in [4.78, 5) is 35.1. The molecular formula is C21H26N2O4. The monoisotopic (exact) mass is 370 g/mol. The minimum absolute atomic E-state index is 0.0687. The van der Waals surface area contributed by atoms with Gasteiger partial charge in [-0.15, -0.1) is 0 Å². The lowest BCUT2D eigenvalue weighted by Crippen LogP contribution is -2.31. The molecule has 0 saturated carbocycles. The van der Waals surface area contributed by atoms with E-state index in [1.807, 2.05) is 56.3 Å². The highest BCUT2D eigenvalue weighted by molar-refractivity contribution is 5.84. The molecule has 144 valence electrons. The maximum atomic E-state index is 12.2. The average molecular weight is 370 g/mol. The van der Waals surface area contributed by atoms with Crippen molar-refractivity contribution < 1.29 is 19.5 Å². The van der Waals surface area contributed by atoms with Crippen molar-refractivity contribution in [1.82, 2.24) is 10.6 Å². The molecule has 2 amide bonds. The van der Waals surface area contributed by atoms with Gasteiger partial charge in [-0.1, -0.05) is 36.4 Å². The Morgan fingerprint density at radius 1 is 0.926 bits per heavy atom. The number of hydrogen-bond donors (Lipinski definition) is 3. The van der Waals surface area contributed by atoms with Crippen LogP contribution in [0.2, 0.25) is 0 Å². The van der Waals surface area contributed by atoms with E-state index < -0.39 is 12.0 Å². The van der Waals surface area contributed by atoms with Crippen LogP contribution in [0.3, 0.4) is 0 Å². The van der Waals surface area contributed by atoms with Crippen LogP contribution in [-0.2, 0) is 14.4 Å². The largest absolute Gasteiger partial charge is 0.481 e. The van der Waals surface area contributed by atoms with Crippen LogP contribution in [0.1, 0.15) is 51.1 Å². The zero-order chi connectivity index (χ0) is 19.8. The highest BCUT2D eigenvalue weighted by atomic mass is 16.4. The Hall–Kier alpha value is -2.89. The topological polar surface area (TPSA) is 95.5 Å². The predicted octanol–water partition coefficient (Wildman–Crippen LogP) is 3.17. The Morgan fingerprint density at radius 2 is 1.56 bits per heavy atom. The number of carboxylic acids is 1. The summed E-state index contributed by atoms with van der Waals surface area (Å²) in [5.41, 5.74) is 0.752. The van der Waals surface area contributed by atoms with E-state index in [1.165, 1.54) is 0 Å². The molecule has 3 N–H and O–H groups in total. The second-order valence-corrected chi connectivity index (χ2v) is 6.90. The minimum atomic E-state index is -0.982. The van der Waals surface area contributed by atoms with E-state index in [0.717, 1.165) is 16.3 Å². The van der Waals surface area contributed by atoms with Crippen molar-refractivity contribution in [2.24, 2.45) is 0 Å². The zero-order valence-corrected chi connectivity index (χ0v) is 15.7. The number of fused-ring (bicyclic) bond motifs is 1. The lowest BCUT2D eigenvalue weighted by atomic mass is 9.99. The van der Waals surface area contributed by atoms with E-state index >= 15 is 0 Å². The molecule has 0 saturated heterocycles. The second-order valence-electron chi connectivity index (χ2n) is 6.90. The maximum absolute atomic E-state index is 12.2. The number of hydrogen-bond acceptors (Lipinski definition) is 3. The van der Waals surface area contributed by atoms with Gasteiger partial charge in [-0.05, 0) is 42.7 Å². The third-order valence-corrected chi connectivity index (χ3v) is 4.15. The van der Waals surface area contributed by atoms with Gasteiger partial charge in [0, 0.05) is 18.9 Å². The molecule has 0 radical (unpaired) electrons. The van der Waals surface area contributed by atoms with Gasteiger partial charge in [0.25, 0.3) is 0 Å².